The molecule has 72 valence electrons. The molecule has 0 aliphatic rings. The molecular weight excluding hydrogens is 202 g/mol. The van der Waals surface area contributed by atoms with E-state index < -0.39 is 0 Å². The monoisotopic (exact) mass is 215 g/mol. The fraction of sp³-hybridized carbons (Fsp3) is 0.400. The molecule has 0 atom stereocenters. The zero-order valence-corrected chi connectivity index (χ0v) is 9.67. The lowest BCUT2D eigenvalue weighted by Gasteiger charge is -2.21. The van der Waals surface area contributed by atoms with E-state index in [-0.39, 0.29) is 5.54 Å². The molecule has 0 saturated carbocycles. The van der Waals surface area contributed by atoms with Gasteiger partial charge in [-0.25, -0.2) is 0 Å². The molecule has 1 aromatic rings. The highest BCUT2D eigenvalue weighted by Gasteiger charge is 2.17. The highest BCUT2D eigenvalue weighted by molar-refractivity contribution is 7.98. The summed E-state index contributed by atoms with van der Waals surface area (Å²) in [5, 5.41) is 0.741. The van der Waals surface area contributed by atoms with Gasteiger partial charge in [-0.2, -0.15) is 0 Å². The molecule has 1 nitrogen and oxygen atoms in total. The van der Waals surface area contributed by atoms with Gasteiger partial charge in [0.25, 0.3) is 0 Å². The number of rotatable bonds is 2. The van der Waals surface area contributed by atoms with Crippen molar-refractivity contribution in [3.05, 3.63) is 28.8 Å². The fourth-order valence-electron chi connectivity index (χ4n) is 1.13. The van der Waals surface area contributed by atoms with Crippen LogP contribution in [-0.2, 0) is 5.54 Å². The first-order chi connectivity index (χ1) is 5.95. The Labute approximate surface area is 88.7 Å². The Hall–Kier alpha value is -0.180. The van der Waals surface area contributed by atoms with Crippen molar-refractivity contribution >= 4 is 23.4 Å². The normalized spacial score (nSPS) is 11.8. The van der Waals surface area contributed by atoms with Crippen LogP contribution in [0.2, 0.25) is 5.02 Å². The Kier molecular flexibility index (Phi) is 3.28. The molecular formula is C10H14ClNS. The first-order valence-electron chi connectivity index (χ1n) is 4.08. The second-order valence-electron chi connectivity index (χ2n) is 3.57. The van der Waals surface area contributed by atoms with Crippen LogP contribution in [0.15, 0.2) is 23.1 Å². The number of nitrogens with two attached hydrogens (primary N) is 1. The van der Waals surface area contributed by atoms with E-state index in [0.29, 0.717) is 0 Å². The van der Waals surface area contributed by atoms with Gasteiger partial charge in [0.2, 0.25) is 0 Å². The molecule has 0 heterocycles. The summed E-state index contributed by atoms with van der Waals surface area (Å²) in [5.74, 6) is 0. The molecule has 0 aromatic heterocycles. The van der Waals surface area contributed by atoms with Crippen molar-refractivity contribution in [3.8, 4) is 0 Å². The molecule has 13 heavy (non-hydrogen) atoms. The standard InChI is InChI=1S/C10H14ClNS/c1-10(2,12)8-6-7(13-3)4-5-9(8)11/h4-6H,12H2,1-3H3. The average Bonchev–Trinajstić information content (AvgIpc) is 2.03. The quantitative estimate of drug-likeness (QED) is 0.767. The predicted octanol–water partition coefficient (Wildman–Crippen LogP) is 3.26. The van der Waals surface area contributed by atoms with Gasteiger partial charge < -0.3 is 5.73 Å². The predicted molar refractivity (Wildman–Crippen MR) is 60.4 cm³/mol. The highest BCUT2D eigenvalue weighted by atomic mass is 35.5. The number of thioether (sulfide) groups is 1. The number of benzene rings is 1. The van der Waals surface area contributed by atoms with Crippen LogP contribution in [0, 0.1) is 0 Å². The van der Waals surface area contributed by atoms with Crippen LogP contribution in [-0.4, -0.2) is 6.26 Å². The summed E-state index contributed by atoms with van der Waals surface area (Å²) >= 11 is 7.74. The molecule has 0 bridgehead atoms. The van der Waals surface area contributed by atoms with Gasteiger partial charge in [0, 0.05) is 15.5 Å². The smallest absolute Gasteiger partial charge is 0.0457 e. The van der Waals surface area contributed by atoms with E-state index in [0.717, 1.165) is 10.6 Å². The van der Waals surface area contributed by atoms with Crippen LogP contribution in [0.1, 0.15) is 19.4 Å². The summed E-state index contributed by atoms with van der Waals surface area (Å²) in [4.78, 5) is 1.19. The van der Waals surface area contributed by atoms with Gasteiger partial charge in [0.15, 0.2) is 0 Å². The molecule has 3 heteroatoms. The van der Waals surface area contributed by atoms with Gasteiger partial charge in [0.1, 0.15) is 0 Å². The molecule has 2 N–H and O–H groups in total. The zero-order chi connectivity index (χ0) is 10.1. The third-order valence-corrected chi connectivity index (χ3v) is 2.92. The van der Waals surface area contributed by atoms with Gasteiger partial charge in [-0.05, 0) is 43.9 Å². The Balaban J connectivity index is 3.19. The van der Waals surface area contributed by atoms with Crippen molar-refractivity contribution in [2.24, 2.45) is 5.73 Å². The lowest BCUT2D eigenvalue weighted by atomic mass is 9.96. The van der Waals surface area contributed by atoms with Crippen molar-refractivity contribution in [2.45, 2.75) is 24.3 Å². The third-order valence-electron chi connectivity index (χ3n) is 1.87. The third kappa shape index (κ3) is 2.63. The summed E-state index contributed by atoms with van der Waals surface area (Å²) in [6.45, 7) is 3.91. The fourth-order valence-corrected chi connectivity index (χ4v) is 1.93. The summed E-state index contributed by atoms with van der Waals surface area (Å²) in [5.41, 5.74) is 6.62. The SMILES string of the molecule is CSc1ccc(Cl)c(C(C)(C)N)c1. The molecule has 1 aromatic carbocycles. The van der Waals surface area contributed by atoms with E-state index in [9.17, 15) is 0 Å². The maximum atomic E-state index is 6.05. The van der Waals surface area contributed by atoms with E-state index >= 15 is 0 Å². The van der Waals surface area contributed by atoms with Crippen molar-refractivity contribution in [1.29, 1.82) is 0 Å². The molecule has 0 radical (unpaired) electrons. The topological polar surface area (TPSA) is 26.0 Å². The second kappa shape index (κ2) is 3.91. The minimum absolute atomic E-state index is 0.372. The van der Waals surface area contributed by atoms with Gasteiger partial charge in [-0.3, -0.25) is 0 Å². The van der Waals surface area contributed by atoms with E-state index in [1.807, 2.05) is 38.3 Å². The Morgan fingerprint density at radius 3 is 2.46 bits per heavy atom. The van der Waals surface area contributed by atoms with Crippen LogP contribution >= 0.6 is 23.4 Å². The van der Waals surface area contributed by atoms with Crippen LogP contribution in [0.3, 0.4) is 0 Å². The lowest BCUT2D eigenvalue weighted by molar-refractivity contribution is 0.553. The van der Waals surface area contributed by atoms with Crippen LogP contribution in [0.4, 0.5) is 0 Å². The Morgan fingerprint density at radius 2 is 2.00 bits per heavy atom. The van der Waals surface area contributed by atoms with Crippen molar-refractivity contribution in [2.75, 3.05) is 6.26 Å². The van der Waals surface area contributed by atoms with Gasteiger partial charge in [-0.1, -0.05) is 11.6 Å². The molecule has 0 aliphatic carbocycles. The van der Waals surface area contributed by atoms with Crippen molar-refractivity contribution in [1.82, 2.24) is 0 Å². The van der Waals surface area contributed by atoms with Gasteiger partial charge >= 0.3 is 0 Å². The van der Waals surface area contributed by atoms with E-state index in [2.05, 4.69) is 0 Å². The van der Waals surface area contributed by atoms with Crippen molar-refractivity contribution < 1.29 is 0 Å². The molecule has 0 aliphatic heterocycles. The average molecular weight is 216 g/mol. The van der Waals surface area contributed by atoms with Gasteiger partial charge in [0.05, 0.1) is 0 Å². The van der Waals surface area contributed by atoms with Crippen LogP contribution < -0.4 is 5.73 Å². The highest BCUT2D eigenvalue weighted by Crippen LogP contribution is 2.29. The van der Waals surface area contributed by atoms with E-state index in [1.165, 1.54) is 4.90 Å². The Morgan fingerprint density at radius 1 is 1.38 bits per heavy atom. The summed E-state index contributed by atoms with van der Waals surface area (Å²) in [6.07, 6.45) is 2.04. The first kappa shape index (κ1) is 10.9. The lowest BCUT2D eigenvalue weighted by Crippen LogP contribution is -2.29. The van der Waals surface area contributed by atoms with Crippen LogP contribution in [0.5, 0.6) is 0 Å². The number of halogens is 1. The molecule has 0 spiro atoms. The molecule has 0 amide bonds. The minimum atomic E-state index is -0.372. The Bertz CT molecular complexity index is 304. The zero-order valence-electron chi connectivity index (χ0n) is 8.10. The first-order valence-corrected chi connectivity index (χ1v) is 5.68. The maximum absolute atomic E-state index is 6.05. The minimum Gasteiger partial charge on any atom is -0.322 e. The van der Waals surface area contributed by atoms with Crippen LogP contribution in [0.25, 0.3) is 0 Å². The molecule has 0 unspecified atom stereocenters. The summed E-state index contributed by atoms with van der Waals surface area (Å²) in [6, 6.07) is 5.95. The number of hydrogen-bond donors (Lipinski definition) is 1. The van der Waals surface area contributed by atoms with Gasteiger partial charge in [-0.15, -0.1) is 11.8 Å². The van der Waals surface area contributed by atoms with Crippen molar-refractivity contribution in [3.63, 3.8) is 0 Å². The second-order valence-corrected chi connectivity index (χ2v) is 4.85. The summed E-state index contributed by atoms with van der Waals surface area (Å²) in [7, 11) is 0. The van der Waals surface area contributed by atoms with E-state index in [4.69, 9.17) is 17.3 Å². The van der Waals surface area contributed by atoms with E-state index in [1.54, 1.807) is 11.8 Å². The summed E-state index contributed by atoms with van der Waals surface area (Å²) < 4.78 is 0. The molecule has 0 saturated heterocycles. The largest absolute Gasteiger partial charge is 0.322 e. The number of hydrogen-bond acceptors (Lipinski definition) is 2. The molecule has 1 rings (SSSR count). The maximum Gasteiger partial charge on any atom is 0.0457 e. The molecule has 0 fully saturated rings.